The molecule has 0 bridgehead atoms. The first-order valence-corrected chi connectivity index (χ1v) is 13.2. The fourth-order valence-corrected chi connectivity index (χ4v) is 4.45. The summed E-state index contributed by atoms with van der Waals surface area (Å²) in [4.78, 5) is 27.7. The predicted molar refractivity (Wildman–Crippen MR) is 135 cm³/mol. The van der Waals surface area contributed by atoms with Crippen LogP contribution >= 0.6 is 11.6 Å². The van der Waals surface area contributed by atoms with Crippen molar-refractivity contribution < 1.29 is 22.7 Å². The standard InChI is InChI=1S/C24H32ClN3O5S/c1-5-6-14-26-24(30)18(2)27(16-19-10-9-11-20(25)15-19)23(29)17-28(34(4,31)32)21-12-7-8-13-22(21)33-3/h7-13,15,18H,5-6,14,16-17H2,1-4H3,(H,26,30). The number of unbranched alkanes of at least 4 members (excludes halogenated alkanes) is 1. The molecule has 186 valence electrons. The van der Waals surface area contributed by atoms with Gasteiger partial charge in [0.2, 0.25) is 21.8 Å². The maximum Gasteiger partial charge on any atom is 0.244 e. The Morgan fingerprint density at radius 1 is 1.15 bits per heavy atom. The largest absolute Gasteiger partial charge is 0.495 e. The number of hydrogen-bond donors (Lipinski definition) is 1. The third-order valence-electron chi connectivity index (χ3n) is 5.27. The number of ether oxygens (including phenoxy) is 1. The number of hydrogen-bond acceptors (Lipinski definition) is 5. The van der Waals surface area contributed by atoms with Crippen molar-refractivity contribution in [3.05, 3.63) is 59.1 Å². The van der Waals surface area contributed by atoms with Crippen molar-refractivity contribution in [1.82, 2.24) is 10.2 Å². The molecular formula is C24H32ClN3O5S. The van der Waals surface area contributed by atoms with Crippen LogP contribution in [0.25, 0.3) is 0 Å². The molecule has 2 amide bonds. The van der Waals surface area contributed by atoms with Crippen LogP contribution < -0.4 is 14.4 Å². The maximum atomic E-state index is 13.5. The fourth-order valence-electron chi connectivity index (χ4n) is 3.38. The molecular weight excluding hydrogens is 478 g/mol. The van der Waals surface area contributed by atoms with E-state index in [9.17, 15) is 18.0 Å². The van der Waals surface area contributed by atoms with Gasteiger partial charge in [-0.15, -0.1) is 0 Å². The van der Waals surface area contributed by atoms with Crippen molar-refractivity contribution in [2.75, 3.05) is 30.8 Å². The molecule has 0 aromatic heterocycles. The summed E-state index contributed by atoms with van der Waals surface area (Å²) in [5.74, 6) is -0.533. The van der Waals surface area contributed by atoms with Gasteiger partial charge in [-0.05, 0) is 43.2 Å². The summed E-state index contributed by atoms with van der Waals surface area (Å²) in [7, 11) is -2.41. The van der Waals surface area contributed by atoms with Crippen molar-refractivity contribution in [1.29, 1.82) is 0 Å². The van der Waals surface area contributed by atoms with Gasteiger partial charge in [0.25, 0.3) is 0 Å². The summed E-state index contributed by atoms with van der Waals surface area (Å²) in [5, 5.41) is 3.34. The zero-order valence-electron chi connectivity index (χ0n) is 20.0. The van der Waals surface area contributed by atoms with Gasteiger partial charge < -0.3 is 15.0 Å². The van der Waals surface area contributed by atoms with Crippen LogP contribution in [-0.4, -0.2) is 57.6 Å². The molecule has 2 rings (SSSR count). The van der Waals surface area contributed by atoms with Crippen molar-refractivity contribution in [2.24, 2.45) is 0 Å². The molecule has 8 nitrogen and oxygen atoms in total. The summed E-state index contributed by atoms with van der Waals surface area (Å²) in [6.45, 7) is 3.73. The minimum Gasteiger partial charge on any atom is -0.495 e. The number of nitrogens with zero attached hydrogens (tertiary/aromatic N) is 2. The topological polar surface area (TPSA) is 96.0 Å². The number of sulfonamides is 1. The highest BCUT2D eigenvalue weighted by molar-refractivity contribution is 7.92. The third-order valence-corrected chi connectivity index (χ3v) is 6.63. The molecule has 1 N–H and O–H groups in total. The Morgan fingerprint density at radius 3 is 2.47 bits per heavy atom. The van der Waals surface area contributed by atoms with Gasteiger partial charge in [0.15, 0.2) is 0 Å². The van der Waals surface area contributed by atoms with Crippen LogP contribution in [0.15, 0.2) is 48.5 Å². The molecule has 34 heavy (non-hydrogen) atoms. The fraction of sp³-hybridized carbons (Fsp3) is 0.417. The molecule has 0 aliphatic heterocycles. The number of carbonyl (C=O) groups is 2. The second kappa shape index (κ2) is 12.6. The molecule has 1 atom stereocenters. The Hall–Kier alpha value is -2.78. The van der Waals surface area contributed by atoms with Gasteiger partial charge in [-0.2, -0.15) is 0 Å². The second-order valence-corrected chi connectivity index (χ2v) is 10.3. The van der Waals surface area contributed by atoms with Gasteiger partial charge in [0.05, 0.1) is 19.1 Å². The summed E-state index contributed by atoms with van der Waals surface area (Å²) in [6, 6.07) is 12.7. The first kappa shape index (κ1) is 27.5. The van der Waals surface area contributed by atoms with Crippen LogP contribution in [0, 0.1) is 0 Å². The number of carbonyl (C=O) groups excluding carboxylic acids is 2. The van der Waals surface area contributed by atoms with Gasteiger partial charge >= 0.3 is 0 Å². The number of amides is 2. The van der Waals surface area contributed by atoms with E-state index < -0.39 is 28.5 Å². The Balaban J connectivity index is 2.38. The van der Waals surface area contributed by atoms with Crippen LogP contribution in [0.1, 0.15) is 32.3 Å². The minimum atomic E-state index is -3.84. The Labute approximate surface area is 206 Å². The monoisotopic (exact) mass is 509 g/mol. The number of benzene rings is 2. The summed E-state index contributed by atoms with van der Waals surface area (Å²) in [5.41, 5.74) is 0.959. The molecule has 0 heterocycles. The van der Waals surface area contributed by atoms with Gasteiger partial charge in [-0.3, -0.25) is 13.9 Å². The summed E-state index contributed by atoms with van der Waals surface area (Å²) < 4.78 is 31.6. The lowest BCUT2D eigenvalue weighted by Crippen LogP contribution is -2.51. The molecule has 0 saturated heterocycles. The normalized spacial score (nSPS) is 12.0. The van der Waals surface area contributed by atoms with E-state index in [4.69, 9.17) is 16.3 Å². The molecule has 2 aromatic rings. The van der Waals surface area contributed by atoms with E-state index >= 15 is 0 Å². The smallest absolute Gasteiger partial charge is 0.244 e. The Kier molecular flexibility index (Phi) is 10.2. The van der Waals surface area contributed by atoms with E-state index in [1.807, 2.05) is 6.92 Å². The highest BCUT2D eigenvalue weighted by atomic mass is 35.5. The van der Waals surface area contributed by atoms with Crippen molar-refractivity contribution in [3.63, 3.8) is 0 Å². The number of para-hydroxylation sites is 2. The van der Waals surface area contributed by atoms with Crippen molar-refractivity contribution >= 4 is 39.1 Å². The van der Waals surface area contributed by atoms with Crippen LogP contribution in [0.4, 0.5) is 5.69 Å². The van der Waals surface area contributed by atoms with Crippen molar-refractivity contribution in [3.8, 4) is 5.75 Å². The van der Waals surface area contributed by atoms with Gasteiger partial charge in [0.1, 0.15) is 18.3 Å². The number of rotatable bonds is 12. The number of anilines is 1. The average molecular weight is 510 g/mol. The maximum absolute atomic E-state index is 13.5. The molecule has 0 saturated carbocycles. The van der Waals surface area contributed by atoms with E-state index in [-0.39, 0.29) is 18.1 Å². The molecule has 0 aliphatic rings. The molecule has 0 fully saturated rings. The first-order valence-electron chi connectivity index (χ1n) is 11.0. The number of nitrogens with one attached hydrogen (secondary N) is 1. The van der Waals surface area contributed by atoms with Crippen LogP contribution in [0.5, 0.6) is 5.75 Å². The minimum absolute atomic E-state index is 0.0886. The highest BCUT2D eigenvalue weighted by Gasteiger charge is 2.31. The molecule has 2 aromatic carbocycles. The van der Waals surface area contributed by atoms with Gasteiger partial charge in [0, 0.05) is 18.1 Å². The predicted octanol–water partition coefficient (Wildman–Crippen LogP) is 3.45. The third kappa shape index (κ3) is 7.63. The van der Waals surface area contributed by atoms with Crippen LogP contribution in [0.3, 0.4) is 0 Å². The average Bonchev–Trinajstić information content (AvgIpc) is 2.79. The van der Waals surface area contributed by atoms with E-state index in [0.29, 0.717) is 17.3 Å². The van der Waals surface area contributed by atoms with E-state index in [1.165, 1.54) is 12.0 Å². The van der Waals surface area contributed by atoms with Crippen LogP contribution in [-0.2, 0) is 26.2 Å². The Bertz CT molecular complexity index is 1090. The quantitative estimate of drug-likeness (QED) is 0.442. The second-order valence-electron chi connectivity index (χ2n) is 7.91. The molecule has 0 radical (unpaired) electrons. The number of methoxy groups -OCH3 is 1. The highest BCUT2D eigenvalue weighted by Crippen LogP contribution is 2.29. The SMILES string of the molecule is CCCCNC(=O)C(C)N(Cc1cccc(Cl)c1)C(=O)CN(c1ccccc1OC)S(C)(=O)=O. The molecule has 1 unspecified atom stereocenters. The van der Waals surface area contributed by atoms with Gasteiger partial charge in [-0.25, -0.2) is 8.42 Å². The van der Waals surface area contributed by atoms with E-state index in [0.717, 1.165) is 29.0 Å². The first-order chi connectivity index (χ1) is 16.1. The lowest BCUT2D eigenvalue weighted by atomic mass is 10.1. The van der Waals surface area contributed by atoms with Crippen molar-refractivity contribution in [2.45, 2.75) is 39.3 Å². The molecule has 0 aliphatic carbocycles. The lowest BCUT2D eigenvalue weighted by molar-refractivity contribution is -0.139. The van der Waals surface area contributed by atoms with Crippen LogP contribution in [0.2, 0.25) is 5.02 Å². The Morgan fingerprint density at radius 2 is 1.85 bits per heavy atom. The zero-order valence-corrected chi connectivity index (χ0v) is 21.5. The zero-order chi connectivity index (χ0) is 25.3. The van der Waals surface area contributed by atoms with E-state index in [2.05, 4.69) is 5.32 Å². The van der Waals surface area contributed by atoms with Gasteiger partial charge in [-0.1, -0.05) is 49.2 Å². The summed E-state index contributed by atoms with van der Waals surface area (Å²) in [6.07, 6.45) is 2.76. The van der Waals surface area contributed by atoms with E-state index in [1.54, 1.807) is 55.5 Å². The lowest BCUT2D eigenvalue weighted by Gasteiger charge is -2.31. The molecule has 10 heteroatoms. The molecule has 0 spiro atoms. The summed E-state index contributed by atoms with van der Waals surface area (Å²) >= 11 is 6.11. The number of halogens is 1.